The maximum atomic E-state index is 14.1. The van der Waals surface area contributed by atoms with Crippen molar-refractivity contribution in [2.45, 2.75) is 92.1 Å². The van der Waals surface area contributed by atoms with E-state index in [1.54, 1.807) is 87.6 Å². The van der Waals surface area contributed by atoms with Crippen LogP contribution in [0.1, 0.15) is 76.6 Å². The van der Waals surface area contributed by atoms with Gasteiger partial charge >= 0.3 is 12.3 Å². The third-order valence-corrected chi connectivity index (χ3v) is 7.78. The topological polar surface area (TPSA) is 130 Å². The average molecular weight is 698 g/mol. The molecule has 4 rings (SSSR count). The average Bonchev–Trinajstić information content (AvgIpc) is 3.87. The van der Waals surface area contributed by atoms with Gasteiger partial charge in [0.15, 0.2) is 0 Å². The number of alkyl carbamates (subject to hydrolysis) is 1. The first-order valence-electron chi connectivity index (χ1n) is 16.6. The first-order chi connectivity index (χ1) is 23.6. The smallest absolute Gasteiger partial charge is 0.407 e. The highest BCUT2D eigenvalue weighted by Crippen LogP contribution is 2.58. The predicted molar refractivity (Wildman–Crippen MR) is 185 cm³/mol. The van der Waals surface area contributed by atoms with E-state index in [1.807, 2.05) is 20.8 Å². The molecule has 0 atom stereocenters. The van der Waals surface area contributed by atoms with Crippen molar-refractivity contribution in [1.82, 2.24) is 15.2 Å². The van der Waals surface area contributed by atoms with Gasteiger partial charge in [0.2, 0.25) is 17.7 Å². The number of halogens is 3. The summed E-state index contributed by atoms with van der Waals surface area (Å²) in [5.41, 5.74) is -0.434. The number of nitrogens with zero attached hydrogens (tertiary/aromatic N) is 2. The Labute approximate surface area is 291 Å². The van der Waals surface area contributed by atoms with E-state index in [1.165, 1.54) is 0 Å². The molecule has 4 amide bonds. The van der Waals surface area contributed by atoms with Gasteiger partial charge in [0.25, 0.3) is 0 Å². The number of aromatic nitrogens is 1. The van der Waals surface area contributed by atoms with Crippen LogP contribution in [-0.2, 0) is 45.1 Å². The molecule has 0 saturated heterocycles. The van der Waals surface area contributed by atoms with Crippen LogP contribution in [0, 0.1) is 5.41 Å². The van der Waals surface area contributed by atoms with E-state index in [2.05, 4.69) is 20.9 Å². The first kappa shape index (κ1) is 39.5. The van der Waals surface area contributed by atoms with Gasteiger partial charge in [-0.2, -0.15) is 13.2 Å². The number of nitrogens with one attached hydrogen (secondary N) is 3. The largest absolute Gasteiger partial charge is 0.444 e. The molecule has 0 aliphatic heterocycles. The number of rotatable bonds is 12. The maximum absolute atomic E-state index is 14.1. The summed E-state index contributed by atoms with van der Waals surface area (Å²) in [6.07, 6.45) is -4.02. The van der Waals surface area contributed by atoms with Crippen LogP contribution >= 0.6 is 0 Å². The Balaban J connectivity index is 0.00000332. The number of carbonyl (C=O) groups is 4. The van der Waals surface area contributed by atoms with Crippen molar-refractivity contribution >= 4 is 35.3 Å². The number of amides is 4. The zero-order valence-electron chi connectivity index (χ0n) is 29.4. The van der Waals surface area contributed by atoms with Crippen molar-refractivity contribution in [2.75, 3.05) is 17.2 Å². The molecule has 0 unspecified atom stereocenters. The SMILES string of the molecule is CC.CCc1ccc(NC(=O)CN(Cc2ccccc2CNC(=O)OC(C)(C)C)C(=O)C2(C(F)(F)F)CC2)cc1CC(=O)Nc1ccccn1. The van der Waals surface area contributed by atoms with E-state index in [-0.39, 0.29) is 38.3 Å². The normalized spacial score (nSPS) is 13.2. The lowest BCUT2D eigenvalue weighted by atomic mass is 10.0. The van der Waals surface area contributed by atoms with Gasteiger partial charge in [-0.1, -0.05) is 57.2 Å². The van der Waals surface area contributed by atoms with Crippen LogP contribution in [-0.4, -0.2) is 52.0 Å². The Morgan fingerprint density at radius 1 is 0.860 bits per heavy atom. The third-order valence-electron chi connectivity index (χ3n) is 7.78. The molecule has 10 nitrogen and oxygen atoms in total. The molecule has 0 bridgehead atoms. The van der Waals surface area contributed by atoms with Gasteiger partial charge in [-0.25, -0.2) is 9.78 Å². The molecular formula is C37H46F3N5O5. The van der Waals surface area contributed by atoms with Crippen LogP contribution in [0.2, 0.25) is 0 Å². The third kappa shape index (κ3) is 11.0. The molecule has 1 aliphatic rings. The highest BCUT2D eigenvalue weighted by molar-refractivity contribution is 5.97. The number of anilines is 2. The fraction of sp³-hybridized carbons (Fsp3) is 0.432. The van der Waals surface area contributed by atoms with Crippen molar-refractivity contribution < 1.29 is 37.1 Å². The van der Waals surface area contributed by atoms with Crippen molar-refractivity contribution in [2.24, 2.45) is 5.41 Å². The van der Waals surface area contributed by atoms with Crippen LogP contribution in [0.5, 0.6) is 0 Å². The van der Waals surface area contributed by atoms with Gasteiger partial charge in [0.1, 0.15) is 23.4 Å². The number of aryl methyl sites for hydroxylation is 1. The summed E-state index contributed by atoms with van der Waals surface area (Å²) in [4.78, 5) is 56.8. The summed E-state index contributed by atoms with van der Waals surface area (Å²) in [7, 11) is 0. The highest BCUT2D eigenvalue weighted by Gasteiger charge is 2.69. The molecule has 1 fully saturated rings. The minimum atomic E-state index is -4.78. The fourth-order valence-corrected chi connectivity index (χ4v) is 5.20. The Kier molecular flexibility index (Phi) is 13.5. The van der Waals surface area contributed by atoms with E-state index in [9.17, 15) is 32.3 Å². The van der Waals surface area contributed by atoms with Gasteiger partial charge < -0.3 is 25.6 Å². The Morgan fingerprint density at radius 3 is 2.10 bits per heavy atom. The lowest BCUT2D eigenvalue weighted by molar-refractivity contribution is -0.199. The van der Waals surface area contributed by atoms with Gasteiger partial charge in [-0.3, -0.25) is 14.4 Å². The molecule has 0 radical (unpaired) electrons. The summed E-state index contributed by atoms with van der Waals surface area (Å²) < 4.78 is 47.5. The van der Waals surface area contributed by atoms with Crippen LogP contribution in [0.3, 0.4) is 0 Å². The number of ether oxygens (including phenoxy) is 1. The zero-order chi connectivity index (χ0) is 37.1. The second-order valence-corrected chi connectivity index (χ2v) is 12.7. The van der Waals surface area contributed by atoms with Gasteiger partial charge in [0.05, 0.1) is 6.42 Å². The molecule has 270 valence electrons. The number of alkyl halides is 3. The van der Waals surface area contributed by atoms with E-state index < -0.39 is 41.6 Å². The number of carbonyl (C=O) groups excluding carboxylic acids is 4. The predicted octanol–water partition coefficient (Wildman–Crippen LogP) is 7.19. The quantitative estimate of drug-likeness (QED) is 0.184. The van der Waals surface area contributed by atoms with Crippen molar-refractivity contribution in [3.8, 4) is 0 Å². The Morgan fingerprint density at radius 2 is 1.52 bits per heavy atom. The van der Waals surface area contributed by atoms with Gasteiger partial charge in [0, 0.05) is 25.0 Å². The zero-order valence-corrected chi connectivity index (χ0v) is 29.4. The summed E-state index contributed by atoms with van der Waals surface area (Å²) in [5, 5.41) is 8.03. The van der Waals surface area contributed by atoms with Crippen molar-refractivity contribution in [1.29, 1.82) is 0 Å². The first-order valence-corrected chi connectivity index (χ1v) is 16.6. The minimum absolute atomic E-state index is 0.00368. The number of hydrogen-bond donors (Lipinski definition) is 3. The lowest BCUT2D eigenvalue weighted by Crippen LogP contribution is -2.46. The van der Waals surface area contributed by atoms with Gasteiger partial charge in [-0.15, -0.1) is 0 Å². The van der Waals surface area contributed by atoms with Crippen LogP contribution in [0.25, 0.3) is 0 Å². The molecule has 3 N–H and O–H groups in total. The van der Waals surface area contributed by atoms with Crippen molar-refractivity contribution in [3.05, 3.63) is 89.1 Å². The maximum Gasteiger partial charge on any atom is 0.407 e. The Bertz CT molecular complexity index is 1640. The monoisotopic (exact) mass is 697 g/mol. The number of benzene rings is 2. The van der Waals surface area contributed by atoms with Crippen molar-refractivity contribution in [3.63, 3.8) is 0 Å². The van der Waals surface area contributed by atoms with Crippen LogP contribution in [0.15, 0.2) is 66.9 Å². The molecule has 1 aromatic heterocycles. The summed E-state index contributed by atoms with van der Waals surface area (Å²) in [6, 6.07) is 16.8. The van der Waals surface area contributed by atoms with Gasteiger partial charge in [-0.05, 0) is 86.6 Å². The molecule has 13 heteroatoms. The minimum Gasteiger partial charge on any atom is -0.444 e. The van der Waals surface area contributed by atoms with Crippen LogP contribution < -0.4 is 16.0 Å². The van der Waals surface area contributed by atoms with E-state index in [0.717, 1.165) is 10.5 Å². The Hall–Kier alpha value is -4.94. The summed E-state index contributed by atoms with van der Waals surface area (Å²) >= 11 is 0. The lowest BCUT2D eigenvalue weighted by Gasteiger charge is -2.29. The molecule has 50 heavy (non-hydrogen) atoms. The van der Waals surface area contributed by atoms with E-state index in [0.29, 0.717) is 34.6 Å². The second kappa shape index (κ2) is 17.1. The molecule has 2 aromatic carbocycles. The fourth-order valence-electron chi connectivity index (χ4n) is 5.20. The summed E-state index contributed by atoms with van der Waals surface area (Å²) in [5.74, 6) is -1.82. The summed E-state index contributed by atoms with van der Waals surface area (Å²) in [6.45, 7) is 10.1. The van der Waals surface area contributed by atoms with Crippen LogP contribution in [0.4, 0.5) is 29.5 Å². The molecule has 0 spiro atoms. The molecular weight excluding hydrogens is 651 g/mol. The van der Waals surface area contributed by atoms with E-state index in [4.69, 9.17) is 4.74 Å². The second-order valence-electron chi connectivity index (χ2n) is 12.7. The highest BCUT2D eigenvalue weighted by atomic mass is 19.4. The number of hydrogen-bond acceptors (Lipinski definition) is 6. The molecule has 1 saturated carbocycles. The number of pyridine rings is 1. The van der Waals surface area contributed by atoms with E-state index >= 15 is 0 Å². The molecule has 3 aromatic rings. The molecule has 1 aliphatic carbocycles. The molecule has 1 heterocycles. The standard InChI is InChI=1S/C35H40F3N5O5.C2H6/c1-5-23-13-14-27(18-26(23)19-29(44)42-28-12-8-9-17-39-28)41-30(45)22-43(31(46)34(15-16-34)35(36,37)38)21-25-11-7-6-10-24(25)20-40-32(47)48-33(2,3)4;1-2/h6-14,17-18H,5,15-16,19-22H2,1-4H3,(H,40,47)(H,41,45)(H,39,42,44);1-2H3.